The lowest BCUT2D eigenvalue weighted by Crippen LogP contribution is -2.38. The van der Waals surface area contributed by atoms with E-state index in [1.165, 1.54) is 25.8 Å². The molecule has 1 fully saturated rings. The van der Waals surface area contributed by atoms with Crippen LogP contribution < -0.4 is 5.32 Å². The molecule has 2 unspecified atom stereocenters. The lowest BCUT2D eigenvalue weighted by atomic mass is 9.95. The molecule has 1 N–H and O–H groups in total. The predicted molar refractivity (Wildman–Crippen MR) is 58.0 cm³/mol. The minimum atomic E-state index is 0.732. The average Bonchev–Trinajstić information content (AvgIpc) is 2.50. The van der Waals surface area contributed by atoms with E-state index in [0.29, 0.717) is 0 Å². The minimum Gasteiger partial charge on any atom is -0.314 e. The number of rotatable bonds is 4. The highest BCUT2D eigenvalue weighted by Crippen LogP contribution is 2.18. The Morgan fingerprint density at radius 2 is 2.08 bits per heavy atom. The first-order valence-corrected chi connectivity index (χ1v) is 5.51. The largest absolute Gasteiger partial charge is 0.314 e. The maximum Gasteiger partial charge on any atom is 0.0127 e. The Hall–Kier alpha value is -0.0800. The molecule has 2 nitrogen and oxygen atoms in total. The zero-order valence-electron chi connectivity index (χ0n) is 9.51. The molecule has 0 aliphatic carbocycles. The molecule has 0 spiro atoms. The second-order valence-corrected chi connectivity index (χ2v) is 4.80. The van der Waals surface area contributed by atoms with E-state index in [-0.39, 0.29) is 0 Å². The highest BCUT2D eigenvalue weighted by Gasteiger charge is 2.22. The Morgan fingerprint density at radius 1 is 1.38 bits per heavy atom. The van der Waals surface area contributed by atoms with Crippen molar-refractivity contribution in [1.82, 2.24) is 10.2 Å². The van der Waals surface area contributed by atoms with Gasteiger partial charge in [-0.1, -0.05) is 13.8 Å². The molecule has 1 heterocycles. The smallest absolute Gasteiger partial charge is 0.0127 e. The van der Waals surface area contributed by atoms with E-state index < -0.39 is 0 Å². The van der Waals surface area contributed by atoms with E-state index in [2.05, 4.69) is 38.2 Å². The molecule has 0 aromatic heterocycles. The molecule has 0 aromatic carbocycles. The maximum atomic E-state index is 3.57. The van der Waals surface area contributed by atoms with Crippen molar-refractivity contribution in [3.8, 4) is 0 Å². The number of nitrogens with one attached hydrogen (secondary N) is 1. The number of nitrogens with zero attached hydrogens (tertiary/aromatic N) is 1. The zero-order valence-corrected chi connectivity index (χ0v) is 9.51. The predicted octanol–water partition coefficient (Wildman–Crippen LogP) is 1.71. The minimum absolute atomic E-state index is 0.732. The van der Waals surface area contributed by atoms with Crippen LogP contribution in [0.4, 0.5) is 0 Å². The molecular weight excluding hydrogens is 160 g/mol. The lowest BCUT2D eigenvalue weighted by Gasteiger charge is -2.30. The molecular formula is C11H24N2. The summed E-state index contributed by atoms with van der Waals surface area (Å²) in [6.07, 6.45) is 4.05. The van der Waals surface area contributed by atoms with Gasteiger partial charge in [0.25, 0.3) is 0 Å². The normalized spacial score (nSPS) is 25.8. The molecule has 1 rings (SSSR count). The van der Waals surface area contributed by atoms with E-state index >= 15 is 0 Å². The van der Waals surface area contributed by atoms with Crippen molar-refractivity contribution in [3.63, 3.8) is 0 Å². The molecule has 1 aliphatic heterocycles. The molecule has 0 aromatic rings. The van der Waals surface area contributed by atoms with Gasteiger partial charge in [0.05, 0.1) is 0 Å². The van der Waals surface area contributed by atoms with Crippen LogP contribution in [-0.2, 0) is 0 Å². The third-order valence-electron chi connectivity index (χ3n) is 3.12. The van der Waals surface area contributed by atoms with Gasteiger partial charge in [0.2, 0.25) is 0 Å². The van der Waals surface area contributed by atoms with Crippen molar-refractivity contribution >= 4 is 0 Å². The molecule has 0 saturated carbocycles. The van der Waals surface area contributed by atoms with Crippen LogP contribution in [-0.4, -0.2) is 37.6 Å². The first-order chi connectivity index (χ1) is 6.11. The van der Waals surface area contributed by atoms with Crippen molar-refractivity contribution < 1.29 is 0 Å². The highest BCUT2D eigenvalue weighted by atomic mass is 15.1. The summed E-state index contributed by atoms with van der Waals surface area (Å²) in [5.74, 6) is 0.761. The Morgan fingerprint density at radius 3 is 2.46 bits per heavy atom. The molecule has 2 heteroatoms. The Balaban J connectivity index is 2.37. The molecule has 0 amide bonds. The standard InChI is InChI=1S/C11H24N2/c1-9(2)11(13(3)4)8-10-6-5-7-12-10/h9-12H,5-8H2,1-4H3. The van der Waals surface area contributed by atoms with E-state index in [9.17, 15) is 0 Å². The van der Waals surface area contributed by atoms with Gasteiger partial charge < -0.3 is 10.2 Å². The van der Waals surface area contributed by atoms with E-state index in [4.69, 9.17) is 0 Å². The van der Waals surface area contributed by atoms with Crippen molar-refractivity contribution in [3.05, 3.63) is 0 Å². The number of hydrogen-bond donors (Lipinski definition) is 1. The summed E-state index contributed by atoms with van der Waals surface area (Å²) < 4.78 is 0. The topological polar surface area (TPSA) is 15.3 Å². The van der Waals surface area contributed by atoms with Crippen LogP contribution in [0.1, 0.15) is 33.1 Å². The molecule has 1 aliphatic rings. The maximum absolute atomic E-state index is 3.57. The van der Waals surface area contributed by atoms with E-state index in [0.717, 1.165) is 18.0 Å². The monoisotopic (exact) mass is 184 g/mol. The fourth-order valence-electron chi connectivity index (χ4n) is 2.33. The SMILES string of the molecule is CC(C)C(CC1CCCN1)N(C)C. The van der Waals surface area contributed by atoms with Gasteiger partial charge in [-0.3, -0.25) is 0 Å². The van der Waals surface area contributed by atoms with Gasteiger partial charge in [-0.05, 0) is 45.8 Å². The van der Waals surface area contributed by atoms with Crippen LogP contribution in [0.25, 0.3) is 0 Å². The summed E-state index contributed by atoms with van der Waals surface area (Å²) in [4.78, 5) is 2.37. The fourth-order valence-corrected chi connectivity index (χ4v) is 2.33. The third-order valence-corrected chi connectivity index (χ3v) is 3.12. The zero-order chi connectivity index (χ0) is 9.84. The summed E-state index contributed by atoms with van der Waals surface area (Å²) >= 11 is 0. The summed E-state index contributed by atoms with van der Waals surface area (Å²) in [6, 6.07) is 1.50. The molecule has 0 bridgehead atoms. The summed E-state index contributed by atoms with van der Waals surface area (Å²) in [5, 5.41) is 3.57. The van der Waals surface area contributed by atoms with Crippen LogP contribution in [0, 0.1) is 5.92 Å². The van der Waals surface area contributed by atoms with Crippen LogP contribution >= 0.6 is 0 Å². The Labute approximate surface area is 82.7 Å². The summed E-state index contributed by atoms with van der Waals surface area (Å²) in [5.41, 5.74) is 0. The van der Waals surface area contributed by atoms with Gasteiger partial charge in [-0.25, -0.2) is 0 Å². The van der Waals surface area contributed by atoms with Gasteiger partial charge in [-0.15, -0.1) is 0 Å². The first kappa shape index (κ1) is 11.0. The first-order valence-electron chi connectivity index (χ1n) is 5.51. The highest BCUT2D eigenvalue weighted by molar-refractivity contribution is 4.81. The average molecular weight is 184 g/mol. The van der Waals surface area contributed by atoms with Gasteiger partial charge in [0.1, 0.15) is 0 Å². The van der Waals surface area contributed by atoms with Crippen molar-refractivity contribution in [2.45, 2.75) is 45.2 Å². The van der Waals surface area contributed by atoms with E-state index in [1.807, 2.05) is 0 Å². The fraction of sp³-hybridized carbons (Fsp3) is 1.00. The van der Waals surface area contributed by atoms with Crippen molar-refractivity contribution in [1.29, 1.82) is 0 Å². The van der Waals surface area contributed by atoms with Crippen molar-refractivity contribution in [2.75, 3.05) is 20.6 Å². The molecule has 2 atom stereocenters. The van der Waals surface area contributed by atoms with Crippen LogP contribution in [0.5, 0.6) is 0 Å². The summed E-state index contributed by atoms with van der Waals surface area (Å²) in [6.45, 7) is 5.86. The summed E-state index contributed by atoms with van der Waals surface area (Å²) in [7, 11) is 4.39. The molecule has 78 valence electrons. The quantitative estimate of drug-likeness (QED) is 0.715. The molecule has 1 saturated heterocycles. The molecule has 0 radical (unpaired) electrons. The lowest BCUT2D eigenvalue weighted by molar-refractivity contribution is 0.203. The van der Waals surface area contributed by atoms with Crippen LogP contribution in [0.15, 0.2) is 0 Å². The second-order valence-electron chi connectivity index (χ2n) is 4.80. The second kappa shape index (κ2) is 4.97. The van der Waals surface area contributed by atoms with E-state index in [1.54, 1.807) is 0 Å². The van der Waals surface area contributed by atoms with Crippen LogP contribution in [0.2, 0.25) is 0 Å². The Kier molecular flexibility index (Phi) is 4.20. The van der Waals surface area contributed by atoms with Gasteiger partial charge >= 0.3 is 0 Å². The Bertz CT molecular complexity index is 129. The van der Waals surface area contributed by atoms with Gasteiger partial charge in [0, 0.05) is 12.1 Å². The van der Waals surface area contributed by atoms with Crippen molar-refractivity contribution in [2.24, 2.45) is 5.92 Å². The third kappa shape index (κ3) is 3.28. The van der Waals surface area contributed by atoms with Gasteiger partial charge in [-0.2, -0.15) is 0 Å². The van der Waals surface area contributed by atoms with Crippen LogP contribution in [0.3, 0.4) is 0 Å². The molecule has 13 heavy (non-hydrogen) atoms. The van der Waals surface area contributed by atoms with Gasteiger partial charge in [0.15, 0.2) is 0 Å². The number of hydrogen-bond acceptors (Lipinski definition) is 2.